The lowest BCUT2D eigenvalue weighted by molar-refractivity contribution is -0.385. The van der Waals surface area contributed by atoms with Gasteiger partial charge in [0.05, 0.1) is 9.82 Å². The van der Waals surface area contributed by atoms with E-state index in [1.807, 2.05) is 0 Å². The number of hydrogen-bond donors (Lipinski definition) is 1. The summed E-state index contributed by atoms with van der Waals surface area (Å²) in [5, 5.41) is 14.1. The van der Waals surface area contributed by atoms with Crippen LogP contribution in [0.5, 0.6) is 0 Å². The molecule has 7 nitrogen and oxygen atoms in total. The minimum absolute atomic E-state index is 0.0678. The van der Waals surface area contributed by atoms with Crippen molar-refractivity contribution >= 4 is 21.4 Å². The molecule has 0 spiro atoms. The Bertz CT molecular complexity index is 863. The molecule has 2 aromatic rings. The fourth-order valence-electron chi connectivity index (χ4n) is 2.14. The van der Waals surface area contributed by atoms with Crippen LogP contribution in [0.1, 0.15) is 11.1 Å². The van der Waals surface area contributed by atoms with Gasteiger partial charge in [0.1, 0.15) is 0 Å². The highest BCUT2D eigenvalue weighted by atomic mass is 32.2. The Kier molecular flexibility index (Phi) is 5.20. The normalized spacial score (nSPS) is 11.5. The first-order valence-corrected chi connectivity index (χ1v) is 8.66. The lowest BCUT2D eigenvalue weighted by atomic mass is 10.1. The number of rotatable bonds is 6. The fraction of sp³-hybridized carbons (Fsp3) is 0.250. The van der Waals surface area contributed by atoms with E-state index in [-0.39, 0.29) is 10.6 Å². The van der Waals surface area contributed by atoms with E-state index in [1.54, 1.807) is 31.2 Å². The van der Waals surface area contributed by atoms with E-state index in [2.05, 4.69) is 5.32 Å². The summed E-state index contributed by atoms with van der Waals surface area (Å²) in [6.07, 6.45) is 0. The molecule has 0 fully saturated rings. The van der Waals surface area contributed by atoms with E-state index in [1.165, 1.54) is 32.3 Å². The number of sulfonamides is 1. The van der Waals surface area contributed by atoms with E-state index < -0.39 is 14.9 Å². The molecular weight excluding hydrogens is 330 g/mol. The van der Waals surface area contributed by atoms with E-state index in [0.717, 1.165) is 9.87 Å². The Balaban J connectivity index is 2.19. The molecule has 0 amide bonds. The number of hydrogen-bond acceptors (Lipinski definition) is 5. The first-order chi connectivity index (χ1) is 11.2. The van der Waals surface area contributed by atoms with Crippen molar-refractivity contribution in [2.75, 3.05) is 19.4 Å². The molecule has 2 aromatic carbocycles. The standard InChI is InChI=1S/C16H19N3O4S/c1-12-7-8-13(9-16(12)19(20)21)11-17-14-5-4-6-15(10-14)24(22,23)18(2)3/h4-10,17H,11H2,1-3H3. The van der Waals surface area contributed by atoms with Gasteiger partial charge in [-0.15, -0.1) is 0 Å². The second-order valence-electron chi connectivity index (χ2n) is 5.55. The maximum absolute atomic E-state index is 12.1. The molecule has 0 saturated heterocycles. The average molecular weight is 349 g/mol. The van der Waals surface area contributed by atoms with Gasteiger partial charge in [-0.05, 0) is 30.7 Å². The van der Waals surface area contributed by atoms with Crippen LogP contribution in [0, 0.1) is 17.0 Å². The lowest BCUT2D eigenvalue weighted by Gasteiger charge is -2.13. The van der Waals surface area contributed by atoms with Crippen molar-refractivity contribution < 1.29 is 13.3 Å². The summed E-state index contributed by atoms with van der Waals surface area (Å²) < 4.78 is 25.4. The maximum Gasteiger partial charge on any atom is 0.272 e. The monoisotopic (exact) mass is 349 g/mol. The number of anilines is 1. The molecule has 24 heavy (non-hydrogen) atoms. The zero-order chi connectivity index (χ0) is 17.9. The highest BCUT2D eigenvalue weighted by Gasteiger charge is 2.17. The maximum atomic E-state index is 12.1. The third kappa shape index (κ3) is 3.90. The first-order valence-electron chi connectivity index (χ1n) is 7.22. The fourth-order valence-corrected chi connectivity index (χ4v) is 3.09. The largest absolute Gasteiger partial charge is 0.381 e. The summed E-state index contributed by atoms with van der Waals surface area (Å²) in [4.78, 5) is 10.8. The number of nitro benzene ring substituents is 1. The van der Waals surface area contributed by atoms with Crippen molar-refractivity contribution in [2.45, 2.75) is 18.4 Å². The molecule has 8 heteroatoms. The van der Waals surface area contributed by atoms with Gasteiger partial charge in [-0.25, -0.2) is 12.7 Å². The number of nitrogens with one attached hydrogen (secondary N) is 1. The molecule has 0 aromatic heterocycles. The second-order valence-corrected chi connectivity index (χ2v) is 7.70. The van der Waals surface area contributed by atoms with E-state index in [4.69, 9.17) is 0 Å². The second kappa shape index (κ2) is 6.98. The van der Waals surface area contributed by atoms with E-state index in [9.17, 15) is 18.5 Å². The molecule has 0 atom stereocenters. The molecule has 0 saturated carbocycles. The van der Waals surface area contributed by atoms with Crippen molar-refractivity contribution in [2.24, 2.45) is 0 Å². The summed E-state index contributed by atoms with van der Waals surface area (Å²) in [6.45, 7) is 2.04. The topological polar surface area (TPSA) is 92.6 Å². The molecule has 0 aliphatic heterocycles. The van der Waals surface area contributed by atoms with Crippen molar-refractivity contribution in [1.29, 1.82) is 0 Å². The number of aryl methyl sites for hydroxylation is 1. The Hall–Kier alpha value is -2.45. The van der Waals surface area contributed by atoms with Gasteiger partial charge < -0.3 is 5.32 Å². The van der Waals surface area contributed by atoms with Crippen LogP contribution in [-0.2, 0) is 16.6 Å². The van der Waals surface area contributed by atoms with Crippen LogP contribution >= 0.6 is 0 Å². The summed E-state index contributed by atoms with van der Waals surface area (Å²) in [7, 11) is -0.556. The van der Waals surface area contributed by atoms with Crippen molar-refractivity contribution in [3.8, 4) is 0 Å². The highest BCUT2D eigenvalue weighted by Crippen LogP contribution is 2.21. The average Bonchev–Trinajstić information content (AvgIpc) is 2.54. The van der Waals surface area contributed by atoms with E-state index in [0.29, 0.717) is 17.8 Å². The predicted octanol–water partition coefficient (Wildman–Crippen LogP) is 2.77. The Morgan fingerprint density at radius 3 is 2.50 bits per heavy atom. The molecule has 2 rings (SSSR count). The zero-order valence-corrected chi connectivity index (χ0v) is 14.5. The zero-order valence-electron chi connectivity index (χ0n) is 13.7. The van der Waals surface area contributed by atoms with Crippen LogP contribution in [-0.4, -0.2) is 31.7 Å². The predicted molar refractivity (Wildman–Crippen MR) is 92.5 cm³/mol. The SMILES string of the molecule is Cc1ccc(CNc2cccc(S(=O)(=O)N(C)C)c2)cc1[N+](=O)[O-]. The molecule has 0 heterocycles. The van der Waals surface area contributed by atoms with Crippen LogP contribution < -0.4 is 5.32 Å². The van der Waals surface area contributed by atoms with Gasteiger partial charge in [-0.1, -0.05) is 18.2 Å². The number of benzene rings is 2. The van der Waals surface area contributed by atoms with Gasteiger partial charge in [-0.3, -0.25) is 10.1 Å². The minimum atomic E-state index is -3.50. The molecular formula is C16H19N3O4S. The first kappa shape index (κ1) is 17.9. The molecule has 0 radical (unpaired) electrons. The highest BCUT2D eigenvalue weighted by molar-refractivity contribution is 7.89. The van der Waals surface area contributed by atoms with Crippen molar-refractivity contribution in [1.82, 2.24) is 4.31 Å². The van der Waals surface area contributed by atoms with Gasteiger partial charge in [0, 0.05) is 38.0 Å². The molecule has 0 bridgehead atoms. The molecule has 128 valence electrons. The summed E-state index contributed by atoms with van der Waals surface area (Å²) >= 11 is 0. The minimum Gasteiger partial charge on any atom is -0.381 e. The van der Waals surface area contributed by atoms with Crippen LogP contribution in [0.4, 0.5) is 11.4 Å². The van der Waals surface area contributed by atoms with Gasteiger partial charge in [0.2, 0.25) is 10.0 Å². The number of nitrogens with zero attached hydrogens (tertiary/aromatic N) is 2. The Morgan fingerprint density at radius 1 is 1.17 bits per heavy atom. The molecule has 0 unspecified atom stereocenters. The lowest BCUT2D eigenvalue weighted by Crippen LogP contribution is -2.22. The van der Waals surface area contributed by atoms with Gasteiger partial charge >= 0.3 is 0 Å². The number of nitro groups is 1. The Morgan fingerprint density at radius 2 is 1.88 bits per heavy atom. The third-order valence-corrected chi connectivity index (χ3v) is 5.39. The van der Waals surface area contributed by atoms with Crippen LogP contribution in [0.25, 0.3) is 0 Å². The molecule has 0 aliphatic rings. The third-order valence-electron chi connectivity index (χ3n) is 3.58. The van der Waals surface area contributed by atoms with Gasteiger partial charge in [-0.2, -0.15) is 0 Å². The quantitative estimate of drug-likeness (QED) is 0.639. The van der Waals surface area contributed by atoms with Crippen LogP contribution in [0.15, 0.2) is 47.4 Å². The summed E-state index contributed by atoms with van der Waals surface area (Å²) in [6, 6.07) is 11.5. The van der Waals surface area contributed by atoms with Crippen molar-refractivity contribution in [3.63, 3.8) is 0 Å². The van der Waals surface area contributed by atoms with Crippen LogP contribution in [0.3, 0.4) is 0 Å². The Labute approximate surface area is 141 Å². The molecule has 0 aliphatic carbocycles. The van der Waals surface area contributed by atoms with Crippen molar-refractivity contribution in [3.05, 3.63) is 63.7 Å². The van der Waals surface area contributed by atoms with Gasteiger partial charge in [0.25, 0.3) is 5.69 Å². The van der Waals surface area contributed by atoms with Gasteiger partial charge in [0.15, 0.2) is 0 Å². The summed E-state index contributed by atoms with van der Waals surface area (Å²) in [5.74, 6) is 0. The van der Waals surface area contributed by atoms with Crippen LogP contribution in [0.2, 0.25) is 0 Å². The smallest absolute Gasteiger partial charge is 0.272 e. The summed E-state index contributed by atoms with van der Waals surface area (Å²) in [5.41, 5.74) is 2.04. The van der Waals surface area contributed by atoms with E-state index >= 15 is 0 Å². The molecule has 1 N–H and O–H groups in total.